The van der Waals surface area contributed by atoms with Gasteiger partial charge in [0.25, 0.3) is 0 Å². The molecule has 0 aliphatic carbocycles. The molecule has 0 bridgehead atoms. The Morgan fingerprint density at radius 3 is 2.30 bits per heavy atom. The maximum atomic E-state index is 13.0. The number of hydrogen-bond donors (Lipinski definition) is 4. The van der Waals surface area contributed by atoms with E-state index in [1.807, 2.05) is 72.1 Å². The molecule has 0 radical (unpaired) electrons. The van der Waals surface area contributed by atoms with Gasteiger partial charge in [0, 0.05) is 22.7 Å². The predicted octanol–water partition coefficient (Wildman–Crippen LogP) is 6.48. The van der Waals surface area contributed by atoms with Gasteiger partial charge in [-0.05, 0) is 35.2 Å². The SMILES string of the molecule is COc1ccccc1NC(=O)Nc1nc(Nc2ccccc2-c2ccccc2)nc(N(CCC(=O)O)Cc2cccs2)n1. The molecule has 5 aromatic rings. The second kappa shape index (κ2) is 13.9. The molecule has 0 atom stereocenters. The lowest BCUT2D eigenvalue weighted by atomic mass is 10.0. The summed E-state index contributed by atoms with van der Waals surface area (Å²) in [7, 11) is 1.52. The fraction of sp³-hybridized carbons (Fsp3) is 0.129. The van der Waals surface area contributed by atoms with E-state index in [0.29, 0.717) is 18.0 Å². The van der Waals surface area contributed by atoms with Crippen LogP contribution in [0.2, 0.25) is 0 Å². The Labute approximate surface area is 252 Å². The highest BCUT2D eigenvalue weighted by molar-refractivity contribution is 7.09. The lowest BCUT2D eigenvalue weighted by molar-refractivity contribution is -0.136. The van der Waals surface area contributed by atoms with Gasteiger partial charge >= 0.3 is 12.0 Å². The normalized spacial score (nSPS) is 10.5. The van der Waals surface area contributed by atoms with Crippen molar-refractivity contribution < 1.29 is 19.4 Å². The van der Waals surface area contributed by atoms with Gasteiger partial charge in [-0.1, -0.05) is 66.7 Å². The molecule has 5 rings (SSSR count). The quantitative estimate of drug-likeness (QED) is 0.128. The summed E-state index contributed by atoms with van der Waals surface area (Å²) in [6.07, 6.45) is -0.131. The van der Waals surface area contributed by atoms with Crippen molar-refractivity contribution in [2.75, 3.05) is 34.5 Å². The summed E-state index contributed by atoms with van der Waals surface area (Å²) >= 11 is 1.54. The van der Waals surface area contributed by atoms with E-state index in [9.17, 15) is 14.7 Å². The number of amides is 2. The Bertz CT molecular complexity index is 1680. The minimum absolute atomic E-state index is 0.0244. The van der Waals surface area contributed by atoms with Crippen LogP contribution in [0.15, 0.2) is 96.4 Å². The van der Waals surface area contributed by atoms with Gasteiger partial charge in [0.2, 0.25) is 17.8 Å². The van der Waals surface area contributed by atoms with Crippen molar-refractivity contribution in [3.8, 4) is 16.9 Å². The molecule has 0 aliphatic heterocycles. The number of ether oxygens (including phenoxy) is 1. The van der Waals surface area contributed by atoms with Crippen LogP contribution in [0.4, 0.5) is 34.0 Å². The smallest absolute Gasteiger partial charge is 0.326 e. The van der Waals surface area contributed by atoms with Crippen molar-refractivity contribution in [3.63, 3.8) is 0 Å². The van der Waals surface area contributed by atoms with E-state index in [2.05, 4.69) is 30.9 Å². The monoisotopic (exact) mass is 595 g/mol. The summed E-state index contributed by atoms with van der Waals surface area (Å²) in [4.78, 5) is 40.9. The highest BCUT2D eigenvalue weighted by Crippen LogP contribution is 2.30. The molecule has 11 nitrogen and oxygen atoms in total. The fourth-order valence-electron chi connectivity index (χ4n) is 4.27. The van der Waals surface area contributed by atoms with Gasteiger partial charge in [0.15, 0.2) is 0 Å². The number of nitrogens with zero attached hydrogens (tertiary/aromatic N) is 4. The third-order valence-corrected chi connectivity index (χ3v) is 7.13. The minimum Gasteiger partial charge on any atom is -0.495 e. The van der Waals surface area contributed by atoms with E-state index in [1.54, 1.807) is 29.2 Å². The molecular weight excluding hydrogens is 566 g/mol. The largest absolute Gasteiger partial charge is 0.495 e. The van der Waals surface area contributed by atoms with E-state index in [-0.39, 0.29) is 30.8 Å². The highest BCUT2D eigenvalue weighted by Gasteiger charge is 2.19. The van der Waals surface area contributed by atoms with Crippen molar-refractivity contribution >= 4 is 52.6 Å². The third-order valence-electron chi connectivity index (χ3n) is 6.27. The molecule has 4 N–H and O–H groups in total. The first-order valence-corrected chi connectivity index (χ1v) is 14.2. The number of aromatic nitrogens is 3. The van der Waals surface area contributed by atoms with Gasteiger partial charge < -0.3 is 25.4 Å². The van der Waals surface area contributed by atoms with E-state index >= 15 is 0 Å². The number of carbonyl (C=O) groups is 2. The number of carbonyl (C=O) groups excluding carboxylic acids is 1. The Hall–Kier alpha value is -5.49. The van der Waals surface area contributed by atoms with E-state index in [4.69, 9.17) is 4.74 Å². The number of aliphatic carboxylic acids is 1. The molecule has 0 unspecified atom stereocenters. The number of para-hydroxylation sites is 3. The van der Waals surface area contributed by atoms with Crippen LogP contribution in [0, 0.1) is 0 Å². The average molecular weight is 596 g/mol. The number of nitrogens with one attached hydrogen (secondary N) is 3. The predicted molar refractivity (Wildman–Crippen MR) is 168 cm³/mol. The highest BCUT2D eigenvalue weighted by atomic mass is 32.1. The first kappa shape index (κ1) is 29.0. The molecule has 0 saturated carbocycles. The number of benzene rings is 3. The lowest BCUT2D eigenvalue weighted by Gasteiger charge is -2.22. The van der Waals surface area contributed by atoms with Gasteiger partial charge in [-0.3, -0.25) is 10.1 Å². The van der Waals surface area contributed by atoms with E-state index in [1.165, 1.54) is 18.4 Å². The number of hydrogen-bond acceptors (Lipinski definition) is 9. The number of carboxylic acid groups (broad SMARTS) is 1. The number of urea groups is 1. The summed E-state index contributed by atoms with van der Waals surface area (Å²) in [6, 6.07) is 27.9. The van der Waals surface area contributed by atoms with Crippen LogP contribution in [0.3, 0.4) is 0 Å². The molecule has 2 heterocycles. The van der Waals surface area contributed by atoms with Gasteiger partial charge in [-0.2, -0.15) is 15.0 Å². The molecular formula is C31H29N7O4S. The first-order valence-electron chi connectivity index (χ1n) is 13.4. The van der Waals surface area contributed by atoms with Crippen LogP contribution < -0.4 is 25.6 Å². The van der Waals surface area contributed by atoms with Crippen molar-refractivity contribution in [3.05, 3.63) is 101 Å². The molecule has 2 aromatic heterocycles. The Kier molecular flexibility index (Phi) is 9.39. The Morgan fingerprint density at radius 2 is 1.56 bits per heavy atom. The second-order valence-corrected chi connectivity index (χ2v) is 10.3. The maximum Gasteiger partial charge on any atom is 0.326 e. The summed E-state index contributed by atoms with van der Waals surface area (Å²) < 4.78 is 5.33. The van der Waals surface area contributed by atoms with Crippen molar-refractivity contribution in [2.24, 2.45) is 0 Å². The second-order valence-electron chi connectivity index (χ2n) is 9.24. The zero-order valence-corrected chi connectivity index (χ0v) is 24.0. The lowest BCUT2D eigenvalue weighted by Crippen LogP contribution is -2.29. The van der Waals surface area contributed by atoms with Crippen LogP contribution in [0.1, 0.15) is 11.3 Å². The molecule has 0 saturated heterocycles. The number of carboxylic acids is 1. The van der Waals surface area contributed by atoms with E-state index < -0.39 is 12.0 Å². The van der Waals surface area contributed by atoms with Crippen LogP contribution in [-0.2, 0) is 11.3 Å². The minimum atomic E-state index is -0.949. The molecule has 218 valence electrons. The molecule has 0 spiro atoms. The molecule has 12 heteroatoms. The molecule has 0 aliphatic rings. The van der Waals surface area contributed by atoms with Gasteiger partial charge in [0.1, 0.15) is 5.75 Å². The summed E-state index contributed by atoms with van der Waals surface area (Å²) in [5.41, 5.74) is 3.13. The number of methoxy groups -OCH3 is 1. The zero-order chi connectivity index (χ0) is 30.0. The maximum absolute atomic E-state index is 13.0. The molecule has 43 heavy (non-hydrogen) atoms. The Morgan fingerprint density at radius 1 is 0.837 bits per heavy atom. The van der Waals surface area contributed by atoms with Crippen LogP contribution in [-0.4, -0.2) is 45.7 Å². The number of thiophene rings is 1. The van der Waals surface area contributed by atoms with Gasteiger partial charge in [0.05, 0.1) is 25.8 Å². The van der Waals surface area contributed by atoms with Crippen LogP contribution >= 0.6 is 11.3 Å². The van der Waals surface area contributed by atoms with Crippen molar-refractivity contribution in [2.45, 2.75) is 13.0 Å². The summed E-state index contributed by atoms with van der Waals surface area (Å²) in [6.45, 7) is 0.520. The summed E-state index contributed by atoms with van der Waals surface area (Å²) in [5.74, 6) is -0.104. The molecule has 3 aromatic carbocycles. The van der Waals surface area contributed by atoms with Gasteiger partial charge in [-0.15, -0.1) is 11.3 Å². The van der Waals surface area contributed by atoms with E-state index in [0.717, 1.165) is 21.7 Å². The molecule has 2 amide bonds. The topological polar surface area (TPSA) is 142 Å². The van der Waals surface area contributed by atoms with Crippen molar-refractivity contribution in [1.82, 2.24) is 15.0 Å². The number of rotatable bonds is 12. The van der Waals surface area contributed by atoms with Crippen molar-refractivity contribution in [1.29, 1.82) is 0 Å². The average Bonchev–Trinajstić information content (AvgIpc) is 3.53. The van der Waals surface area contributed by atoms with Gasteiger partial charge in [-0.25, -0.2) is 4.79 Å². The zero-order valence-electron chi connectivity index (χ0n) is 23.2. The Balaban J connectivity index is 1.50. The molecule has 0 fully saturated rings. The third kappa shape index (κ3) is 7.83. The summed E-state index contributed by atoms with van der Waals surface area (Å²) in [5, 5.41) is 20.1. The van der Waals surface area contributed by atoms with Crippen LogP contribution in [0.25, 0.3) is 11.1 Å². The fourth-order valence-corrected chi connectivity index (χ4v) is 4.99. The standard InChI is InChI=1S/C31H29N7O4S/c1-42-26-16-8-7-15-25(26)33-31(41)37-29-34-28(32-24-14-6-5-13-23(24)21-10-3-2-4-11-21)35-30(36-29)38(18-17-27(39)40)20-22-12-9-19-43-22/h2-16,19H,17-18,20H2,1H3,(H,39,40)(H3,32,33,34,35,36,37,41). The number of anilines is 5. The van der Waals surface area contributed by atoms with Crippen LogP contribution in [0.5, 0.6) is 5.75 Å². The first-order chi connectivity index (χ1) is 21.0.